The standard InChI is InChI=1S/C17H19Cl3N4O/c1-3-14-15(20)16(23-10(2)22-14)24-6-4-5-12(9-24)25-17-13(19)7-11(18)8-21-17/h7-8,12H,3-6,9H2,1-2H3. The summed E-state index contributed by atoms with van der Waals surface area (Å²) in [5.41, 5.74) is 0.870. The lowest BCUT2D eigenvalue weighted by Gasteiger charge is -2.34. The summed E-state index contributed by atoms with van der Waals surface area (Å²) in [7, 11) is 0. The molecule has 0 aliphatic carbocycles. The van der Waals surface area contributed by atoms with Crippen LogP contribution in [0.5, 0.6) is 5.88 Å². The van der Waals surface area contributed by atoms with Gasteiger partial charge in [-0.2, -0.15) is 0 Å². The predicted molar refractivity (Wildman–Crippen MR) is 101 cm³/mol. The summed E-state index contributed by atoms with van der Waals surface area (Å²) >= 11 is 18.6. The van der Waals surface area contributed by atoms with Crippen molar-refractivity contribution in [2.24, 2.45) is 0 Å². The molecule has 134 valence electrons. The molecule has 25 heavy (non-hydrogen) atoms. The van der Waals surface area contributed by atoms with E-state index in [1.165, 1.54) is 6.20 Å². The highest BCUT2D eigenvalue weighted by Crippen LogP contribution is 2.31. The number of ether oxygens (including phenoxy) is 1. The minimum Gasteiger partial charge on any atom is -0.471 e. The Labute approximate surface area is 162 Å². The van der Waals surface area contributed by atoms with Gasteiger partial charge in [0.2, 0.25) is 5.88 Å². The monoisotopic (exact) mass is 400 g/mol. The Hall–Kier alpha value is -1.30. The third-order valence-corrected chi connectivity index (χ3v) is 4.94. The average Bonchev–Trinajstić information content (AvgIpc) is 2.59. The number of rotatable bonds is 4. The van der Waals surface area contributed by atoms with E-state index in [0.29, 0.717) is 27.5 Å². The number of nitrogens with zero attached hydrogens (tertiary/aromatic N) is 4. The predicted octanol–water partition coefficient (Wildman–Crippen LogP) is 4.75. The molecule has 0 bridgehead atoms. The van der Waals surface area contributed by atoms with Crippen molar-refractivity contribution in [2.45, 2.75) is 39.2 Å². The normalized spacial score (nSPS) is 17.6. The Balaban J connectivity index is 1.78. The molecular formula is C17H19Cl3N4O. The van der Waals surface area contributed by atoms with Crippen molar-refractivity contribution >= 4 is 40.6 Å². The Bertz CT molecular complexity index is 772. The van der Waals surface area contributed by atoms with Gasteiger partial charge in [-0.25, -0.2) is 15.0 Å². The van der Waals surface area contributed by atoms with Crippen LogP contribution in [0.2, 0.25) is 15.1 Å². The van der Waals surface area contributed by atoms with E-state index < -0.39 is 0 Å². The third kappa shape index (κ3) is 4.27. The van der Waals surface area contributed by atoms with Crippen LogP contribution < -0.4 is 9.64 Å². The van der Waals surface area contributed by atoms with Gasteiger partial charge in [0.25, 0.3) is 0 Å². The highest BCUT2D eigenvalue weighted by molar-refractivity contribution is 6.35. The van der Waals surface area contributed by atoms with Crippen molar-refractivity contribution in [3.8, 4) is 5.88 Å². The van der Waals surface area contributed by atoms with E-state index in [0.717, 1.165) is 43.1 Å². The van der Waals surface area contributed by atoms with Crippen LogP contribution >= 0.6 is 34.8 Å². The van der Waals surface area contributed by atoms with Crippen molar-refractivity contribution in [3.63, 3.8) is 0 Å². The van der Waals surface area contributed by atoms with E-state index in [9.17, 15) is 0 Å². The van der Waals surface area contributed by atoms with Crippen LogP contribution in [0.3, 0.4) is 0 Å². The van der Waals surface area contributed by atoms with Gasteiger partial charge >= 0.3 is 0 Å². The number of hydrogen-bond donors (Lipinski definition) is 0. The van der Waals surface area contributed by atoms with Gasteiger partial charge in [-0.3, -0.25) is 0 Å². The van der Waals surface area contributed by atoms with Crippen LogP contribution in [0.25, 0.3) is 0 Å². The van der Waals surface area contributed by atoms with Crippen LogP contribution in [0.15, 0.2) is 12.3 Å². The lowest BCUT2D eigenvalue weighted by Crippen LogP contribution is -2.42. The zero-order valence-corrected chi connectivity index (χ0v) is 16.4. The van der Waals surface area contributed by atoms with Gasteiger partial charge in [0.15, 0.2) is 5.82 Å². The molecule has 2 aromatic rings. The molecule has 8 heteroatoms. The summed E-state index contributed by atoms with van der Waals surface area (Å²) in [5, 5.41) is 1.52. The molecule has 1 unspecified atom stereocenters. The topological polar surface area (TPSA) is 51.1 Å². The van der Waals surface area contributed by atoms with E-state index >= 15 is 0 Å². The van der Waals surface area contributed by atoms with Gasteiger partial charge in [0.1, 0.15) is 22.0 Å². The molecule has 1 fully saturated rings. The molecule has 1 atom stereocenters. The Kier molecular flexibility index (Phi) is 5.87. The highest BCUT2D eigenvalue weighted by Gasteiger charge is 2.26. The Morgan fingerprint density at radius 2 is 2.08 bits per heavy atom. The third-order valence-electron chi connectivity index (χ3n) is 4.08. The molecule has 5 nitrogen and oxygen atoms in total. The van der Waals surface area contributed by atoms with Crippen molar-refractivity contribution in [1.29, 1.82) is 0 Å². The minimum atomic E-state index is -0.0451. The van der Waals surface area contributed by atoms with Crippen molar-refractivity contribution in [3.05, 3.63) is 38.8 Å². The van der Waals surface area contributed by atoms with Crippen molar-refractivity contribution in [1.82, 2.24) is 15.0 Å². The molecule has 2 aromatic heterocycles. The molecule has 0 spiro atoms. The summed E-state index contributed by atoms with van der Waals surface area (Å²) in [4.78, 5) is 15.3. The van der Waals surface area contributed by atoms with Crippen molar-refractivity contribution < 1.29 is 4.74 Å². The maximum Gasteiger partial charge on any atom is 0.232 e. The van der Waals surface area contributed by atoms with Gasteiger partial charge in [0, 0.05) is 12.7 Å². The number of aryl methyl sites for hydroxylation is 2. The number of hydrogen-bond acceptors (Lipinski definition) is 5. The molecule has 3 rings (SSSR count). The van der Waals surface area contributed by atoms with Gasteiger partial charge in [-0.1, -0.05) is 41.7 Å². The van der Waals surface area contributed by atoms with Crippen LogP contribution in [-0.2, 0) is 6.42 Å². The molecule has 0 amide bonds. The molecule has 3 heterocycles. The lowest BCUT2D eigenvalue weighted by molar-refractivity contribution is 0.172. The SMILES string of the molecule is CCc1nc(C)nc(N2CCCC(Oc3ncc(Cl)cc3Cl)C2)c1Cl. The minimum absolute atomic E-state index is 0.0451. The van der Waals surface area contributed by atoms with Gasteiger partial charge < -0.3 is 9.64 Å². The number of anilines is 1. The molecule has 0 saturated carbocycles. The summed E-state index contributed by atoms with van der Waals surface area (Å²) < 4.78 is 5.99. The molecule has 1 aliphatic rings. The number of pyridine rings is 1. The second-order valence-electron chi connectivity index (χ2n) is 5.98. The summed E-state index contributed by atoms with van der Waals surface area (Å²) in [6.07, 6.45) is 4.14. The van der Waals surface area contributed by atoms with E-state index in [2.05, 4.69) is 19.9 Å². The van der Waals surface area contributed by atoms with Gasteiger partial charge in [0.05, 0.1) is 17.3 Å². The lowest BCUT2D eigenvalue weighted by atomic mass is 10.1. The first-order chi connectivity index (χ1) is 12.0. The number of piperidine rings is 1. The van der Waals surface area contributed by atoms with Crippen LogP contribution in [0, 0.1) is 6.92 Å². The van der Waals surface area contributed by atoms with E-state index in [-0.39, 0.29) is 6.10 Å². The molecular weight excluding hydrogens is 383 g/mol. The Morgan fingerprint density at radius 3 is 2.80 bits per heavy atom. The van der Waals surface area contributed by atoms with E-state index in [1.54, 1.807) is 6.07 Å². The van der Waals surface area contributed by atoms with Crippen LogP contribution in [-0.4, -0.2) is 34.1 Å². The summed E-state index contributed by atoms with van der Waals surface area (Å²) in [6, 6.07) is 1.63. The number of aromatic nitrogens is 3. The van der Waals surface area contributed by atoms with Crippen molar-refractivity contribution in [2.75, 3.05) is 18.0 Å². The fourth-order valence-corrected chi connectivity index (χ4v) is 3.68. The summed E-state index contributed by atoms with van der Waals surface area (Å²) in [6.45, 7) is 5.46. The largest absolute Gasteiger partial charge is 0.471 e. The maximum absolute atomic E-state index is 6.51. The van der Waals surface area contributed by atoms with Crippen LogP contribution in [0.4, 0.5) is 5.82 Å². The fourth-order valence-electron chi connectivity index (χ4n) is 2.92. The highest BCUT2D eigenvalue weighted by atomic mass is 35.5. The first-order valence-electron chi connectivity index (χ1n) is 8.23. The fraction of sp³-hybridized carbons (Fsp3) is 0.471. The first kappa shape index (κ1) is 18.5. The average molecular weight is 402 g/mol. The quantitative estimate of drug-likeness (QED) is 0.740. The Morgan fingerprint density at radius 1 is 1.28 bits per heavy atom. The smallest absolute Gasteiger partial charge is 0.232 e. The van der Waals surface area contributed by atoms with E-state index in [4.69, 9.17) is 39.5 Å². The molecule has 0 N–H and O–H groups in total. The number of halogens is 3. The second-order valence-corrected chi connectivity index (χ2v) is 7.20. The van der Waals surface area contributed by atoms with Gasteiger partial charge in [-0.15, -0.1) is 0 Å². The van der Waals surface area contributed by atoms with Crippen LogP contribution in [0.1, 0.15) is 31.3 Å². The zero-order chi connectivity index (χ0) is 18.0. The summed E-state index contributed by atoms with van der Waals surface area (Å²) in [5.74, 6) is 1.90. The maximum atomic E-state index is 6.51. The molecule has 1 aliphatic heterocycles. The molecule has 0 radical (unpaired) electrons. The van der Waals surface area contributed by atoms with E-state index in [1.807, 2.05) is 13.8 Å². The first-order valence-corrected chi connectivity index (χ1v) is 9.37. The van der Waals surface area contributed by atoms with Gasteiger partial charge in [-0.05, 0) is 32.3 Å². The molecule has 0 aromatic carbocycles. The zero-order valence-electron chi connectivity index (χ0n) is 14.1. The molecule has 1 saturated heterocycles. The second kappa shape index (κ2) is 7.94.